The summed E-state index contributed by atoms with van der Waals surface area (Å²) in [7, 11) is 1.68. The number of hydrogen-bond acceptors (Lipinski definition) is 5. The van der Waals surface area contributed by atoms with Crippen LogP contribution >= 0.6 is 0 Å². The molecule has 130 valence electrons. The topological polar surface area (TPSA) is 63.4 Å². The molecule has 2 aromatic rings. The minimum Gasteiger partial charge on any atom is -0.497 e. The molecule has 0 amide bonds. The third-order valence-electron chi connectivity index (χ3n) is 3.84. The smallest absolute Gasteiger partial charge is 0.128 e. The Morgan fingerprint density at radius 2 is 1.96 bits per heavy atom. The van der Waals surface area contributed by atoms with Crippen LogP contribution in [0.5, 0.6) is 5.75 Å². The van der Waals surface area contributed by atoms with Gasteiger partial charge < -0.3 is 20.7 Å². The van der Waals surface area contributed by atoms with Gasteiger partial charge in [0.1, 0.15) is 11.6 Å². The van der Waals surface area contributed by atoms with E-state index in [1.807, 2.05) is 43.5 Å². The quantitative estimate of drug-likeness (QED) is 0.656. The lowest BCUT2D eigenvalue weighted by Gasteiger charge is -2.24. The number of pyridine rings is 1. The molecule has 0 fully saturated rings. The van der Waals surface area contributed by atoms with E-state index in [0.29, 0.717) is 0 Å². The van der Waals surface area contributed by atoms with E-state index in [0.717, 1.165) is 44.2 Å². The molecule has 0 aliphatic carbocycles. The lowest BCUT2D eigenvalue weighted by atomic mass is 10.2. The maximum Gasteiger partial charge on any atom is 0.128 e. The Hall–Kier alpha value is -2.11. The van der Waals surface area contributed by atoms with Crippen LogP contribution in [-0.4, -0.2) is 37.8 Å². The average Bonchev–Trinajstić information content (AvgIpc) is 2.61. The molecule has 1 aromatic carbocycles. The fourth-order valence-corrected chi connectivity index (χ4v) is 2.44. The molecule has 0 spiro atoms. The van der Waals surface area contributed by atoms with Crippen LogP contribution in [0.15, 0.2) is 48.7 Å². The van der Waals surface area contributed by atoms with Gasteiger partial charge in [0.15, 0.2) is 0 Å². The Bertz CT molecular complexity index is 572. The van der Waals surface area contributed by atoms with Crippen LogP contribution in [0, 0.1) is 0 Å². The molecule has 3 N–H and O–H groups in total. The highest BCUT2D eigenvalue weighted by atomic mass is 16.5. The molecule has 5 nitrogen and oxygen atoms in total. The summed E-state index contributed by atoms with van der Waals surface area (Å²) in [6, 6.07) is 14.4. The molecule has 0 aliphatic heterocycles. The van der Waals surface area contributed by atoms with Crippen LogP contribution < -0.4 is 20.7 Å². The van der Waals surface area contributed by atoms with Crippen LogP contribution in [0.3, 0.4) is 0 Å². The van der Waals surface area contributed by atoms with Crippen molar-refractivity contribution in [3.05, 3.63) is 54.2 Å². The van der Waals surface area contributed by atoms with E-state index >= 15 is 0 Å². The number of benzene rings is 1. The standard InChI is InChI=1S/C19H28N4O/c1-16(20)10-12-21-13-14-23(19-5-3-4-11-22-19)15-17-6-8-18(24-2)9-7-17/h3-9,11,16,21H,10,12-15,20H2,1-2H3. The summed E-state index contributed by atoms with van der Waals surface area (Å²) < 4.78 is 5.22. The Labute approximate surface area is 144 Å². The fourth-order valence-electron chi connectivity index (χ4n) is 2.44. The second kappa shape index (κ2) is 9.90. The zero-order chi connectivity index (χ0) is 17.2. The Morgan fingerprint density at radius 1 is 1.17 bits per heavy atom. The molecule has 24 heavy (non-hydrogen) atoms. The van der Waals surface area contributed by atoms with Crippen molar-refractivity contribution in [2.24, 2.45) is 5.73 Å². The van der Waals surface area contributed by atoms with Crippen LogP contribution in [-0.2, 0) is 6.54 Å². The SMILES string of the molecule is COc1ccc(CN(CCNCCC(C)N)c2ccccn2)cc1. The predicted octanol–water partition coefficient (Wildman–Crippen LogP) is 2.42. The highest BCUT2D eigenvalue weighted by Crippen LogP contribution is 2.16. The molecular formula is C19H28N4O. The van der Waals surface area contributed by atoms with E-state index in [-0.39, 0.29) is 6.04 Å². The second-order valence-corrected chi connectivity index (χ2v) is 5.97. The van der Waals surface area contributed by atoms with Crippen LogP contribution in [0.1, 0.15) is 18.9 Å². The van der Waals surface area contributed by atoms with Gasteiger partial charge in [0.2, 0.25) is 0 Å². The fraction of sp³-hybridized carbons (Fsp3) is 0.421. The first-order valence-electron chi connectivity index (χ1n) is 8.44. The van der Waals surface area contributed by atoms with Crippen molar-refractivity contribution in [2.75, 3.05) is 31.6 Å². The molecule has 5 heteroatoms. The van der Waals surface area contributed by atoms with Crippen molar-refractivity contribution in [1.29, 1.82) is 0 Å². The van der Waals surface area contributed by atoms with E-state index in [9.17, 15) is 0 Å². The summed E-state index contributed by atoms with van der Waals surface area (Å²) in [4.78, 5) is 6.77. The minimum atomic E-state index is 0.240. The Morgan fingerprint density at radius 3 is 2.58 bits per heavy atom. The van der Waals surface area contributed by atoms with Crippen LogP contribution in [0.25, 0.3) is 0 Å². The van der Waals surface area contributed by atoms with E-state index in [1.165, 1.54) is 5.56 Å². The van der Waals surface area contributed by atoms with Crippen molar-refractivity contribution in [3.8, 4) is 5.75 Å². The number of ether oxygens (including phenoxy) is 1. The van der Waals surface area contributed by atoms with Crippen LogP contribution in [0.4, 0.5) is 5.82 Å². The van der Waals surface area contributed by atoms with Crippen molar-refractivity contribution >= 4 is 5.82 Å². The number of nitrogens with zero attached hydrogens (tertiary/aromatic N) is 2. The van der Waals surface area contributed by atoms with Crippen molar-refractivity contribution in [3.63, 3.8) is 0 Å². The first-order chi connectivity index (χ1) is 11.7. The highest BCUT2D eigenvalue weighted by Gasteiger charge is 2.08. The van der Waals surface area contributed by atoms with Crippen molar-refractivity contribution in [2.45, 2.75) is 25.9 Å². The first kappa shape index (κ1) is 18.2. The Balaban J connectivity index is 1.95. The third kappa shape index (κ3) is 6.18. The first-order valence-corrected chi connectivity index (χ1v) is 8.44. The van der Waals surface area contributed by atoms with Gasteiger partial charge in [-0.15, -0.1) is 0 Å². The van der Waals surface area contributed by atoms with Gasteiger partial charge in [0, 0.05) is 31.9 Å². The molecule has 0 saturated carbocycles. The number of nitrogens with one attached hydrogen (secondary N) is 1. The number of anilines is 1. The molecule has 1 unspecified atom stereocenters. The maximum absolute atomic E-state index is 5.78. The third-order valence-corrected chi connectivity index (χ3v) is 3.84. The summed E-state index contributed by atoms with van der Waals surface area (Å²) in [6.07, 6.45) is 2.82. The van der Waals surface area contributed by atoms with Gasteiger partial charge in [-0.1, -0.05) is 18.2 Å². The van der Waals surface area contributed by atoms with Gasteiger partial charge in [0.25, 0.3) is 0 Å². The van der Waals surface area contributed by atoms with Crippen molar-refractivity contribution < 1.29 is 4.74 Å². The zero-order valence-electron chi connectivity index (χ0n) is 14.6. The Kier molecular flexibility index (Phi) is 7.52. The van der Waals surface area contributed by atoms with Gasteiger partial charge in [-0.05, 0) is 49.7 Å². The molecule has 1 aromatic heterocycles. The monoisotopic (exact) mass is 328 g/mol. The van der Waals surface area contributed by atoms with E-state index in [2.05, 4.69) is 27.3 Å². The zero-order valence-corrected chi connectivity index (χ0v) is 14.6. The largest absolute Gasteiger partial charge is 0.497 e. The summed E-state index contributed by atoms with van der Waals surface area (Å²) in [5.41, 5.74) is 7.01. The number of methoxy groups -OCH3 is 1. The lowest BCUT2D eigenvalue weighted by molar-refractivity contribution is 0.414. The summed E-state index contributed by atoms with van der Waals surface area (Å²) >= 11 is 0. The van der Waals surface area contributed by atoms with Gasteiger partial charge in [-0.2, -0.15) is 0 Å². The number of nitrogens with two attached hydrogens (primary N) is 1. The van der Waals surface area contributed by atoms with E-state index in [4.69, 9.17) is 10.5 Å². The molecule has 2 rings (SSSR count). The molecule has 1 atom stereocenters. The summed E-state index contributed by atoms with van der Waals surface area (Å²) in [6.45, 7) is 5.58. The number of aromatic nitrogens is 1. The summed E-state index contributed by atoms with van der Waals surface area (Å²) in [5.74, 6) is 1.86. The van der Waals surface area contributed by atoms with Gasteiger partial charge >= 0.3 is 0 Å². The molecule has 0 bridgehead atoms. The molecule has 0 saturated heterocycles. The average molecular weight is 328 g/mol. The maximum atomic E-state index is 5.78. The predicted molar refractivity (Wildman–Crippen MR) is 99.4 cm³/mol. The summed E-state index contributed by atoms with van der Waals surface area (Å²) in [5, 5.41) is 3.45. The van der Waals surface area contributed by atoms with E-state index < -0.39 is 0 Å². The minimum absolute atomic E-state index is 0.240. The van der Waals surface area contributed by atoms with E-state index in [1.54, 1.807) is 7.11 Å². The molecule has 0 radical (unpaired) electrons. The molecule has 1 heterocycles. The van der Waals surface area contributed by atoms with Gasteiger partial charge in [-0.25, -0.2) is 4.98 Å². The number of hydrogen-bond donors (Lipinski definition) is 2. The highest BCUT2D eigenvalue weighted by molar-refractivity contribution is 5.39. The van der Waals surface area contributed by atoms with Crippen molar-refractivity contribution in [1.82, 2.24) is 10.3 Å². The number of rotatable bonds is 10. The molecule has 0 aliphatic rings. The van der Waals surface area contributed by atoms with Crippen LogP contribution in [0.2, 0.25) is 0 Å². The molecular weight excluding hydrogens is 300 g/mol. The lowest BCUT2D eigenvalue weighted by Crippen LogP contribution is -2.34. The second-order valence-electron chi connectivity index (χ2n) is 5.97. The van der Waals surface area contributed by atoms with Gasteiger partial charge in [0.05, 0.1) is 7.11 Å². The van der Waals surface area contributed by atoms with Gasteiger partial charge in [-0.3, -0.25) is 0 Å². The normalized spacial score (nSPS) is 12.0.